The molecule has 1 aromatic heterocycles. The molecule has 1 heteroatoms. The quantitative estimate of drug-likeness (QED) is 0.548. The summed E-state index contributed by atoms with van der Waals surface area (Å²) < 4.78 is 0. The molecule has 0 aliphatic rings. The van der Waals surface area contributed by atoms with Gasteiger partial charge in [-0.1, -0.05) is 18.2 Å². The van der Waals surface area contributed by atoms with Gasteiger partial charge in [-0.05, 0) is 18.9 Å². The Labute approximate surface area is 66.8 Å². The number of aromatic nitrogens is 1. The summed E-state index contributed by atoms with van der Waals surface area (Å²) in [5, 5.41) is 0. The molecule has 54 valence electrons. The van der Waals surface area contributed by atoms with Crippen LogP contribution in [0.5, 0.6) is 0 Å². The summed E-state index contributed by atoms with van der Waals surface area (Å²) in [6, 6.07) is 3.82. The molecule has 1 aromatic rings. The molecule has 0 N–H and O–H groups in total. The Morgan fingerprint density at radius 3 is 3.09 bits per heavy atom. The molecule has 0 atom stereocenters. The van der Waals surface area contributed by atoms with Crippen molar-refractivity contribution in [1.82, 2.24) is 4.98 Å². The first-order valence-electron chi connectivity index (χ1n) is 3.43. The second kappa shape index (κ2) is 3.58. The molecular formula is C10H9N. The first kappa shape index (κ1) is 7.56. The number of rotatable bonds is 1. The number of hydrogen-bond donors (Lipinski definition) is 0. The first-order chi connectivity index (χ1) is 5.38. The van der Waals surface area contributed by atoms with Crippen LogP contribution in [0.2, 0.25) is 0 Å². The Balaban J connectivity index is 3.15. The van der Waals surface area contributed by atoms with Crippen LogP contribution in [-0.4, -0.2) is 4.98 Å². The molecule has 1 rings (SSSR count). The highest BCUT2D eigenvalue weighted by Crippen LogP contribution is 2.05. The molecule has 0 unspecified atom stereocenters. The van der Waals surface area contributed by atoms with E-state index >= 15 is 0 Å². The van der Waals surface area contributed by atoms with Crippen molar-refractivity contribution >= 4 is 6.08 Å². The lowest BCUT2D eigenvalue weighted by Crippen LogP contribution is -1.84. The van der Waals surface area contributed by atoms with Crippen molar-refractivity contribution in [3.8, 4) is 12.3 Å². The molecule has 0 aromatic carbocycles. The Hall–Kier alpha value is -1.55. The summed E-state index contributed by atoms with van der Waals surface area (Å²) in [6.45, 7) is 1.95. The van der Waals surface area contributed by atoms with Gasteiger partial charge in [0.2, 0.25) is 0 Å². The predicted molar refractivity (Wildman–Crippen MR) is 46.9 cm³/mol. The minimum atomic E-state index is 0.700. The van der Waals surface area contributed by atoms with Gasteiger partial charge in [0.05, 0.1) is 0 Å². The highest BCUT2D eigenvalue weighted by atomic mass is 14.7. The predicted octanol–water partition coefficient (Wildman–Crippen LogP) is 2.10. The van der Waals surface area contributed by atoms with E-state index in [1.807, 2.05) is 31.2 Å². The smallest absolute Gasteiger partial charge is 0.120 e. The maximum Gasteiger partial charge on any atom is 0.120 e. The van der Waals surface area contributed by atoms with E-state index in [0.29, 0.717) is 5.69 Å². The van der Waals surface area contributed by atoms with Gasteiger partial charge in [-0.15, -0.1) is 6.42 Å². The average molecular weight is 143 g/mol. The summed E-state index contributed by atoms with van der Waals surface area (Å²) in [6.07, 6.45) is 10.8. The Morgan fingerprint density at radius 2 is 2.45 bits per heavy atom. The molecule has 1 nitrogen and oxygen atoms in total. The molecular weight excluding hydrogens is 134 g/mol. The zero-order valence-electron chi connectivity index (χ0n) is 6.41. The Morgan fingerprint density at radius 1 is 1.64 bits per heavy atom. The molecule has 0 aliphatic heterocycles. The van der Waals surface area contributed by atoms with Gasteiger partial charge < -0.3 is 0 Å². The van der Waals surface area contributed by atoms with Crippen molar-refractivity contribution < 1.29 is 0 Å². The van der Waals surface area contributed by atoms with E-state index < -0.39 is 0 Å². The maximum absolute atomic E-state index is 5.23. The highest BCUT2D eigenvalue weighted by Gasteiger charge is 1.92. The van der Waals surface area contributed by atoms with Crippen molar-refractivity contribution in [1.29, 1.82) is 0 Å². The average Bonchev–Trinajstić information content (AvgIpc) is 2.06. The van der Waals surface area contributed by atoms with Gasteiger partial charge in [0.15, 0.2) is 0 Å². The standard InChI is InChI=1S/C10H9N/c1-3-6-9-7-5-8-11-10(9)4-2/h2-3,5-8H,1H3/b6-3+. The summed E-state index contributed by atoms with van der Waals surface area (Å²) in [4.78, 5) is 4.03. The van der Waals surface area contributed by atoms with E-state index in [4.69, 9.17) is 6.42 Å². The summed E-state index contributed by atoms with van der Waals surface area (Å²) in [5.74, 6) is 2.52. The topological polar surface area (TPSA) is 12.9 Å². The number of nitrogens with zero attached hydrogens (tertiary/aromatic N) is 1. The third-order valence-corrected chi connectivity index (χ3v) is 1.32. The normalized spacial score (nSPS) is 9.82. The fourth-order valence-electron chi connectivity index (χ4n) is 0.852. The molecule has 0 spiro atoms. The van der Waals surface area contributed by atoms with Crippen molar-refractivity contribution in [3.63, 3.8) is 0 Å². The minimum Gasteiger partial charge on any atom is -0.247 e. The fraction of sp³-hybridized carbons (Fsp3) is 0.100. The monoisotopic (exact) mass is 143 g/mol. The van der Waals surface area contributed by atoms with E-state index in [-0.39, 0.29) is 0 Å². The number of allylic oxidation sites excluding steroid dienone is 1. The van der Waals surface area contributed by atoms with Crippen molar-refractivity contribution in [3.05, 3.63) is 35.7 Å². The van der Waals surface area contributed by atoms with Crippen LogP contribution in [0.4, 0.5) is 0 Å². The van der Waals surface area contributed by atoms with Crippen molar-refractivity contribution in [2.45, 2.75) is 6.92 Å². The number of hydrogen-bond acceptors (Lipinski definition) is 1. The van der Waals surface area contributed by atoms with E-state index in [1.165, 1.54) is 0 Å². The third kappa shape index (κ3) is 1.68. The molecule has 0 bridgehead atoms. The molecule has 1 heterocycles. The SMILES string of the molecule is C#Cc1ncccc1/C=C/C. The van der Waals surface area contributed by atoms with Gasteiger partial charge in [0.1, 0.15) is 5.69 Å². The van der Waals surface area contributed by atoms with Crippen molar-refractivity contribution in [2.75, 3.05) is 0 Å². The second-order valence-electron chi connectivity index (χ2n) is 2.09. The van der Waals surface area contributed by atoms with E-state index in [1.54, 1.807) is 6.20 Å². The van der Waals surface area contributed by atoms with Gasteiger partial charge in [-0.25, -0.2) is 4.98 Å². The zero-order chi connectivity index (χ0) is 8.10. The molecule has 0 saturated heterocycles. The third-order valence-electron chi connectivity index (χ3n) is 1.32. The van der Waals surface area contributed by atoms with Crippen LogP contribution in [0.1, 0.15) is 18.2 Å². The molecule has 0 fully saturated rings. The largest absolute Gasteiger partial charge is 0.247 e. The van der Waals surface area contributed by atoms with Crippen LogP contribution in [0.25, 0.3) is 6.08 Å². The van der Waals surface area contributed by atoms with Gasteiger partial charge in [-0.2, -0.15) is 0 Å². The lowest BCUT2D eigenvalue weighted by Gasteiger charge is -1.94. The summed E-state index contributed by atoms with van der Waals surface area (Å²) in [7, 11) is 0. The van der Waals surface area contributed by atoms with E-state index in [0.717, 1.165) is 5.56 Å². The minimum absolute atomic E-state index is 0.700. The molecule has 0 amide bonds. The Bertz CT molecular complexity index is 305. The summed E-state index contributed by atoms with van der Waals surface area (Å²) >= 11 is 0. The zero-order valence-corrected chi connectivity index (χ0v) is 6.41. The van der Waals surface area contributed by atoms with Gasteiger partial charge in [0, 0.05) is 11.8 Å². The molecule has 0 aliphatic carbocycles. The highest BCUT2D eigenvalue weighted by molar-refractivity contribution is 5.55. The van der Waals surface area contributed by atoms with Crippen LogP contribution >= 0.6 is 0 Å². The van der Waals surface area contributed by atoms with E-state index in [2.05, 4.69) is 10.9 Å². The van der Waals surface area contributed by atoms with Crippen LogP contribution in [0, 0.1) is 12.3 Å². The molecule has 0 radical (unpaired) electrons. The number of pyridine rings is 1. The van der Waals surface area contributed by atoms with Crippen LogP contribution in [0.15, 0.2) is 24.4 Å². The summed E-state index contributed by atoms with van der Waals surface area (Å²) in [5.41, 5.74) is 1.70. The maximum atomic E-state index is 5.23. The first-order valence-corrected chi connectivity index (χ1v) is 3.43. The fourth-order valence-corrected chi connectivity index (χ4v) is 0.852. The van der Waals surface area contributed by atoms with Crippen LogP contribution in [-0.2, 0) is 0 Å². The number of terminal acetylenes is 1. The van der Waals surface area contributed by atoms with Gasteiger partial charge >= 0.3 is 0 Å². The van der Waals surface area contributed by atoms with Crippen LogP contribution < -0.4 is 0 Å². The van der Waals surface area contributed by atoms with Gasteiger partial charge in [0.25, 0.3) is 0 Å². The van der Waals surface area contributed by atoms with Crippen molar-refractivity contribution in [2.24, 2.45) is 0 Å². The van der Waals surface area contributed by atoms with Gasteiger partial charge in [-0.3, -0.25) is 0 Å². The lowest BCUT2D eigenvalue weighted by molar-refractivity contribution is 1.27. The van der Waals surface area contributed by atoms with E-state index in [9.17, 15) is 0 Å². The lowest BCUT2D eigenvalue weighted by atomic mass is 10.2. The second-order valence-corrected chi connectivity index (χ2v) is 2.09. The molecule has 0 saturated carbocycles. The van der Waals surface area contributed by atoms with Crippen LogP contribution in [0.3, 0.4) is 0 Å². The molecule has 11 heavy (non-hydrogen) atoms. The Kier molecular flexibility index (Phi) is 2.46.